The first kappa shape index (κ1) is 11.5. The zero-order chi connectivity index (χ0) is 10.8. The molecule has 0 bridgehead atoms. The summed E-state index contributed by atoms with van der Waals surface area (Å²) >= 11 is 0. The molecule has 0 spiro atoms. The molecule has 0 radical (unpaired) electrons. The van der Waals surface area contributed by atoms with Crippen LogP contribution in [-0.4, -0.2) is 23.9 Å². The first-order chi connectivity index (χ1) is 6.41. The molecular weight excluding hydrogens is 174 g/mol. The number of hydrogen-bond acceptors (Lipinski definition) is 1. The van der Waals surface area contributed by atoms with Gasteiger partial charge in [0.05, 0.1) is 0 Å². The summed E-state index contributed by atoms with van der Waals surface area (Å²) in [5.41, 5.74) is -0.215. The lowest BCUT2D eigenvalue weighted by Crippen LogP contribution is -2.40. The molecule has 0 aromatic rings. The van der Waals surface area contributed by atoms with Crippen molar-refractivity contribution < 1.29 is 4.79 Å². The largest absolute Gasteiger partial charge is 0.342 e. The molecule has 1 unspecified atom stereocenters. The van der Waals surface area contributed by atoms with Crippen LogP contribution in [-0.2, 0) is 4.79 Å². The van der Waals surface area contributed by atoms with Gasteiger partial charge in [0.15, 0.2) is 0 Å². The molecule has 0 aliphatic carbocycles. The first-order valence-corrected chi connectivity index (χ1v) is 5.70. The van der Waals surface area contributed by atoms with Gasteiger partial charge in [0, 0.05) is 18.5 Å². The summed E-state index contributed by atoms with van der Waals surface area (Å²) in [5.74, 6) is 1.10. The number of amides is 1. The topological polar surface area (TPSA) is 20.3 Å². The summed E-state index contributed by atoms with van der Waals surface area (Å²) in [4.78, 5) is 14.1. The molecule has 2 heteroatoms. The van der Waals surface area contributed by atoms with E-state index in [-0.39, 0.29) is 5.41 Å². The molecule has 1 fully saturated rings. The highest BCUT2D eigenvalue weighted by Crippen LogP contribution is 2.22. The van der Waals surface area contributed by atoms with Gasteiger partial charge in [0.1, 0.15) is 0 Å². The highest BCUT2D eigenvalue weighted by atomic mass is 16.2. The van der Waals surface area contributed by atoms with Gasteiger partial charge in [-0.05, 0) is 25.2 Å². The van der Waals surface area contributed by atoms with E-state index in [1.807, 2.05) is 25.7 Å². The number of carbonyl (C=O) groups excluding carboxylic acids is 1. The van der Waals surface area contributed by atoms with Crippen molar-refractivity contribution in [1.82, 2.24) is 4.90 Å². The van der Waals surface area contributed by atoms with E-state index in [4.69, 9.17) is 0 Å². The molecule has 14 heavy (non-hydrogen) atoms. The second-order valence-corrected chi connectivity index (χ2v) is 5.58. The third kappa shape index (κ3) is 3.00. The highest BCUT2D eigenvalue weighted by molar-refractivity contribution is 5.81. The van der Waals surface area contributed by atoms with Crippen LogP contribution in [0.25, 0.3) is 0 Å². The van der Waals surface area contributed by atoms with Crippen LogP contribution in [0, 0.1) is 11.3 Å². The van der Waals surface area contributed by atoms with Crippen molar-refractivity contribution in [2.24, 2.45) is 11.3 Å². The van der Waals surface area contributed by atoms with Crippen molar-refractivity contribution in [2.45, 2.75) is 47.0 Å². The molecule has 1 heterocycles. The summed E-state index contributed by atoms with van der Waals surface area (Å²) < 4.78 is 0. The van der Waals surface area contributed by atoms with E-state index in [0.717, 1.165) is 19.0 Å². The van der Waals surface area contributed by atoms with Crippen molar-refractivity contribution in [1.29, 1.82) is 0 Å². The van der Waals surface area contributed by atoms with Gasteiger partial charge >= 0.3 is 0 Å². The Morgan fingerprint density at radius 2 is 1.86 bits per heavy atom. The highest BCUT2D eigenvalue weighted by Gasteiger charge is 2.28. The van der Waals surface area contributed by atoms with Crippen LogP contribution in [0.5, 0.6) is 0 Å². The molecule has 1 atom stereocenters. The van der Waals surface area contributed by atoms with Gasteiger partial charge in [-0.3, -0.25) is 4.79 Å². The quantitative estimate of drug-likeness (QED) is 0.584. The van der Waals surface area contributed by atoms with Gasteiger partial charge < -0.3 is 4.90 Å². The number of likely N-dealkylation sites (tertiary alicyclic amines) is 1. The average molecular weight is 197 g/mol. The molecular formula is C12H23NO. The van der Waals surface area contributed by atoms with Gasteiger partial charge in [-0.15, -0.1) is 0 Å². The second-order valence-electron chi connectivity index (χ2n) is 5.58. The second kappa shape index (κ2) is 4.33. The Morgan fingerprint density at radius 3 is 2.43 bits per heavy atom. The molecule has 1 saturated heterocycles. The summed E-state index contributed by atoms with van der Waals surface area (Å²) in [6, 6.07) is 0. The zero-order valence-electron chi connectivity index (χ0n) is 9.97. The lowest BCUT2D eigenvalue weighted by Gasteiger charge is -2.28. The molecule has 0 N–H and O–H groups in total. The Morgan fingerprint density at radius 1 is 1.21 bits per heavy atom. The fourth-order valence-corrected chi connectivity index (χ4v) is 1.94. The van der Waals surface area contributed by atoms with Gasteiger partial charge in [-0.1, -0.05) is 27.7 Å². The molecule has 0 aromatic heterocycles. The molecule has 2 nitrogen and oxygen atoms in total. The van der Waals surface area contributed by atoms with E-state index in [1.54, 1.807) is 0 Å². The molecule has 0 aromatic carbocycles. The van der Waals surface area contributed by atoms with Crippen molar-refractivity contribution >= 4 is 5.91 Å². The number of nitrogens with zero attached hydrogens (tertiary/aromatic N) is 1. The van der Waals surface area contributed by atoms with Crippen LogP contribution in [0.4, 0.5) is 0 Å². The minimum atomic E-state index is -0.215. The maximum atomic E-state index is 12.0. The molecule has 1 rings (SSSR count). The Balaban J connectivity index is 2.56. The van der Waals surface area contributed by atoms with Crippen LogP contribution in [0.15, 0.2) is 0 Å². The minimum absolute atomic E-state index is 0.215. The average Bonchev–Trinajstić information content (AvgIpc) is 2.27. The Labute approximate surface area is 87.7 Å². The summed E-state index contributed by atoms with van der Waals surface area (Å²) in [5, 5.41) is 0. The predicted molar refractivity (Wildman–Crippen MR) is 59.1 cm³/mol. The normalized spacial score (nSPS) is 24.6. The molecule has 1 aliphatic rings. The van der Waals surface area contributed by atoms with Crippen LogP contribution in [0.2, 0.25) is 0 Å². The van der Waals surface area contributed by atoms with Gasteiger partial charge in [-0.25, -0.2) is 0 Å². The number of hydrogen-bond donors (Lipinski definition) is 0. The fraction of sp³-hybridized carbons (Fsp3) is 0.917. The Bertz CT molecular complexity index is 205. The third-order valence-electron chi connectivity index (χ3n) is 2.95. The molecule has 1 aliphatic heterocycles. The fourth-order valence-electron chi connectivity index (χ4n) is 1.94. The lowest BCUT2D eigenvalue weighted by atomic mass is 9.94. The zero-order valence-corrected chi connectivity index (χ0v) is 9.97. The van der Waals surface area contributed by atoms with E-state index in [2.05, 4.69) is 6.92 Å². The molecule has 82 valence electrons. The standard InChI is InChI=1S/C12H23NO/c1-10-6-5-8-13(9-7-10)11(14)12(2,3)4/h10H,5-9H2,1-4H3. The smallest absolute Gasteiger partial charge is 0.227 e. The minimum Gasteiger partial charge on any atom is -0.342 e. The van der Waals surface area contributed by atoms with Crippen LogP contribution in [0.3, 0.4) is 0 Å². The Kier molecular flexibility index (Phi) is 3.57. The summed E-state index contributed by atoms with van der Waals surface area (Å²) in [6.45, 7) is 10.2. The van der Waals surface area contributed by atoms with Crippen molar-refractivity contribution in [3.8, 4) is 0 Å². The van der Waals surface area contributed by atoms with E-state index < -0.39 is 0 Å². The van der Waals surface area contributed by atoms with E-state index in [9.17, 15) is 4.79 Å². The predicted octanol–water partition coefficient (Wildman–Crippen LogP) is 2.68. The SMILES string of the molecule is CC1CCCN(C(=O)C(C)(C)C)CC1. The number of rotatable bonds is 0. The van der Waals surface area contributed by atoms with E-state index in [1.165, 1.54) is 19.3 Å². The van der Waals surface area contributed by atoms with Crippen molar-refractivity contribution in [3.63, 3.8) is 0 Å². The van der Waals surface area contributed by atoms with Crippen molar-refractivity contribution in [3.05, 3.63) is 0 Å². The van der Waals surface area contributed by atoms with Gasteiger partial charge in [-0.2, -0.15) is 0 Å². The van der Waals surface area contributed by atoms with Crippen LogP contribution >= 0.6 is 0 Å². The Hall–Kier alpha value is -0.530. The molecule has 1 amide bonds. The lowest BCUT2D eigenvalue weighted by molar-refractivity contribution is -0.139. The maximum Gasteiger partial charge on any atom is 0.227 e. The number of carbonyl (C=O) groups is 1. The monoisotopic (exact) mass is 197 g/mol. The van der Waals surface area contributed by atoms with Crippen molar-refractivity contribution in [2.75, 3.05) is 13.1 Å². The maximum absolute atomic E-state index is 12.0. The third-order valence-corrected chi connectivity index (χ3v) is 2.95. The summed E-state index contributed by atoms with van der Waals surface area (Å²) in [6.07, 6.45) is 3.61. The van der Waals surface area contributed by atoms with Gasteiger partial charge in [0.2, 0.25) is 5.91 Å². The van der Waals surface area contributed by atoms with Crippen LogP contribution < -0.4 is 0 Å². The summed E-state index contributed by atoms with van der Waals surface area (Å²) in [7, 11) is 0. The van der Waals surface area contributed by atoms with Crippen LogP contribution in [0.1, 0.15) is 47.0 Å². The molecule has 0 saturated carbocycles. The van der Waals surface area contributed by atoms with E-state index >= 15 is 0 Å². The van der Waals surface area contributed by atoms with E-state index in [0.29, 0.717) is 5.91 Å². The first-order valence-electron chi connectivity index (χ1n) is 5.70. The van der Waals surface area contributed by atoms with Gasteiger partial charge in [0.25, 0.3) is 0 Å².